The van der Waals surface area contributed by atoms with Crippen LogP contribution in [0, 0.1) is 6.92 Å². The highest BCUT2D eigenvalue weighted by Gasteiger charge is 2.32. The Labute approximate surface area is 118 Å². The van der Waals surface area contributed by atoms with Crippen LogP contribution in [0.4, 0.5) is 5.82 Å². The maximum Gasteiger partial charge on any atom is 0.229 e. The molecule has 0 aliphatic carbocycles. The van der Waals surface area contributed by atoms with Crippen molar-refractivity contribution in [3.63, 3.8) is 0 Å². The highest BCUT2D eigenvalue weighted by Crippen LogP contribution is 2.35. The van der Waals surface area contributed by atoms with Crippen LogP contribution in [-0.4, -0.2) is 28.3 Å². The molecule has 5 heteroatoms. The summed E-state index contributed by atoms with van der Waals surface area (Å²) in [6.07, 6.45) is 0.401. The van der Waals surface area contributed by atoms with E-state index in [9.17, 15) is 4.79 Å². The number of amides is 1. The van der Waals surface area contributed by atoms with Crippen LogP contribution in [-0.2, 0) is 11.8 Å². The SMILES string of the molecule is Cc1nn(C)c(N2CC(N)CC2=O)c1-c1ccccc1. The molecular formula is C15H18N4O. The molecule has 1 fully saturated rings. The van der Waals surface area contributed by atoms with E-state index < -0.39 is 0 Å². The number of aromatic nitrogens is 2. The van der Waals surface area contributed by atoms with Gasteiger partial charge in [0.25, 0.3) is 0 Å². The fourth-order valence-corrected chi connectivity index (χ4v) is 2.84. The highest BCUT2D eigenvalue weighted by molar-refractivity contribution is 5.99. The van der Waals surface area contributed by atoms with Crippen LogP contribution >= 0.6 is 0 Å². The number of carbonyl (C=O) groups is 1. The average molecular weight is 270 g/mol. The molecular weight excluding hydrogens is 252 g/mol. The van der Waals surface area contributed by atoms with Crippen LogP contribution in [0.2, 0.25) is 0 Å². The van der Waals surface area contributed by atoms with Gasteiger partial charge in [0, 0.05) is 31.6 Å². The topological polar surface area (TPSA) is 64.2 Å². The van der Waals surface area contributed by atoms with E-state index in [1.165, 1.54) is 0 Å². The molecule has 1 aromatic heterocycles. The first kappa shape index (κ1) is 12.9. The smallest absolute Gasteiger partial charge is 0.229 e. The molecule has 5 nitrogen and oxygen atoms in total. The summed E-state index contributed by atoms with van der Waals surface area (Å²) in [4.78, 5) is 13.9. The van der Waals surface area contributed by atoms with Crippen molar-refractivity contribution >= 4 is 11.7 Å². The summed E-state index contributed by atoms with van der Waals surface area (Å²) >= 11 is 0. The minimum Gasteiger partial charge on any atom is -0.326 e. The van der Waals surface area contributed by atoms with Crippen molar-refractivity contribution in [3.05, 3.63) is 36.0 Å². The van der Waals surface area contributed by atoms with Crippen LogP contribution in [0.5, 0.6) is 0 Å². The number of benzene rings is 1. The number of nitrogens with zero attached hydrogens (tertiary/aromatic N) is 3. The number of hydrogen-bond acceptors (Lipinski definition) is 3. The minimum atomic E-state index is -0.0960. The first-order valence-corrected chi connectivity index (χ1v) is 6.73. The molecule has 1 unspecified atom stereocenters. The lowest BCUT2D eigenvalue weighted by Crippen LogP contribution is -2.30. The van der Waals surface area contributed by atoms with Crippen molar-refractivity contribution in [1.29, 1.82) is 0 Å². The van der Waals surface area contributed by atoms with Crippen molar-refractivity contribution in [3.8, 4) is 11.1 Å². The van der Waals surface area contributed by atoms with Gasteiger partial charge in [-0.3, -0.25) is 14.4 Å². The van der Waals surface area contributed by atoms with E-state index in [1.54, 1.807) is 9.58 Å². The zero-order chi connectivity index (χ0) is 14.3. The number of rotatable bonds is 2. The Morgan fingerprint density at radius 1 is 1.30 bits per heavy atom. The molecule has 1 aliphatic rings. The fourth-order valence-electron chi connectivity index (χ4n) is 2.84. The molecule has 0 spiro atoms. The van der Waals surface area contributed by atoms with E-state index in [1.807, 2.05) is 44.3 Å². The molecule has 1 aromatic carbocycles. The molecule has 20 heavy (non-hydrogen) atoms. The summed E-state index contributed by atoms with van der Waals surface area (Å²) in [6, 6.07) is 9.93. The Morgan fingerprint density at radius 3 is 2.60 bits per heavy atom. The Hall–Kier alpha value is -2.14. The van der Waals surface area contributed by atoms with Crippen LogP contribution in [0.1, 0.15) is 12.1 Å². The van der Waals surface area contributed by atoms with Gasteiger partial charge >= 0.3 is 0 Å². The van der Waals surface area contributed by atoms with Gasteiger partial charge in [-0.05, 0) is 12.5 Å². The van der Waals surface area contributed by atoms with Gasteiger partial charge in [-0.15, -0.1) is 0 Å². The lowest BCUT2D eigenvalue weighted by molar-refractivity contribution is -0.117. The lowest BCUT2D eigenvalue weighted by Gasteiger charge is -2.18. The largest absolute Gasteiger partial charge is 0.326 e. The predicted molar refractivity (Wildman–Crippen MR) is 78.3 cm³/mol. The minimum absolute atomic E-state index is 0.0673. The summed E-state index contributed by atoms with van der Waals surface area (Å²) in [5.74, 6) is 0.907. The Kier molecular flexibility index (Phi) is 3.06. The van der Waals surface area contributed by atoms with Gasteiger partial charge in [0.1, 0.15) is 5.82 Å². The maximum atomic E-state index is 12.1. The third kappa shape index (κ3) is 2.00. The van der Waals surface area contributed by atoms with Gasteiger partial charge in [-0.25, -0.2) is 0 Å². The fraction of sp³-hybridized carbons (Fsp3) is 0.333. The third-order valence-corrected chi connectivity index (χ3v) is 3.67. The molecule has 104 valence electrons. The molecule has 2 aromatic rings. The van der Waals surface area contributed by atoms with Gasteiger partial charge in [-0.1, -0.05) is 30.3 Å². The summed E-state index contributed by atoms with van der Waals surface area (Å²) in [7, 11) is 1.87. The van der Waals surface area contributed by atoms with E-state index in [-0.39, 0.29) is 11.9 Å². The second kappa shape index (κ2) is 4.76. The van der Waals surface area contributed by atoms with Crippen molar-refractivity contribution in [2.24, 2.45) is 12.8 Å². The molecule has 1 amide bonds. The van der Waals surface area contributed by atoms with E-state index in [2.05, 4.69) is 5.10 Å². The zero-order valence-electron chi connectivity index (χ0n) is 11.7. The normalized spacial score (nSPS) is 18.9. The second-order valence-electron chi connectivity index (χ2n) is 5.24. The highest BCUT2D eigenvalue weighted by atomic mass is 16.2. The van der Waals surface area contributed by atoms with Gasteiger partial charge in [-0.2, -0.15) is 5.10 Å². The van der Waals surface area contributed by atoms with E-state index in [0.717, 1.165) is 22.6 Å². The van der Waals surface area contributed by atoms with E-state index >= 15 is 0 Å². The summed E-state index contributed by atoms with van der Waals surface area (Å²) in [5.41, 5.74) is 8.91. The van der Waals surface area contributed by atoms with Gasteiger partial charge in [0.05, 0.1) is 5.69 Å². The Bertz CT molecular complexity index is 647. The predicted octanol–water partition coefficient (Wildman–Crippen LogP) is 1.46. The van der Waals surface area contributed by atoms with Crippen LogP contribution < -0.4 is 10.6 Å². The number of hydrogen-bond donors (Lipinski definition) is 1. The molecule has 1 aliphatic heterocycles. The summed E-state index contributed by atoms with van der Waals surface area (Å²) in [5, 5.41) is 4.47. The molecule has 0 saturated carbocycles. The molecule has 0 radical (unpaired) electrons. The van der Waals surface area contributed by atoms with E-state index in [0.29, 0.717) is 13.0 Å². The van der Waals surface area contributed by atoms with Crippen LogP contribution in [0.3, 0.4) is 0 Å². The van der Waals surface area contributed by atoms with E-state index in [4.69, 9.17) is 5.73 Å². The molecule has 1 atom stereocenters. The first-order chi connectivity index (χ1) is 9.58. The Balaban J connectivity index is 2.14. The van der Waals surface area contributed by atoms with Crippen LogP contribution in [0.15, 0.2) is 30.3 Å². The second-order valence-corrected chi connectivity index (χ2v) is 5.24. The summed E-state index contributed by atoms with van der Waals surface area (Å²) < 4.78 is 1.77. The number of anilines is 1. The zero-order valence-corrected chi connectivity index (χ0v) is 11.7. The van der Waals surface area contributed by atoms with Crippen molar-refractivity contribution < 1.29 is 4.79 Å². The summed E-state index contributed by atoms with van der Waals surface area (Å²) in [6.45, 7) is 2.52. The molecule has 2 N–H and O–H groups in total. The number of aryl methyl sites for hydroxylation is 2. The van der Waals surface area contributed by atoms with Gasteiger partial charge in [0.15, 0.2) is 0 Å². The number of carbonyl (C=O) groups excluding carboxylic acids is 1. The average Bonchev–Trinajstić information content (AvgIpc) is 2.89. The van der Waals surface area contributed by atoms with Gasteiger partial charge < -0.3 is 5.73 Å². The molecule has 1 saturated heterocycles. The monoisotopic (exact) mass is 270 g/mol. The maximum absolute atomic E-state index is 12.1. The van der Waals surface area contributed by atoms with Crippen molar-refractivity contribution in [1.82, 2.24) is 9.78 Å². The number of nitrogens with two attached hydrogens (primary N) is 1. The van der Waals surface area contributed by atoms with Crippen molar-refractivity contribution in [2.45, 2.75) is 19.4 Å². The quantitative estimate of drug-likeness (QED) is 0.898. The molecule has 2 heterocycles. The molecule has 0 bridgehead atoms. The first-order valence-electron chi connectivity index (χ1n) is 6.73. The van der Waals surface area contributed by atoms with Crippen molar-refractivity contribution in [2.75, 3.05) is 11.4 Å². The Morgan fingerprint density at radius 2 is 2.00 bits per heavy atom. The third-order valence-electron chi connectivity index (χ3n) is 3.67. The van der Waals surface area contributed by atoms with Crippen LogP contribution in [0.25, 0.3) is 11.1 Å². The lowest BCUT2D eigenvalue weighted by atomic mass is 10.1. The standard InChI is InChI=1S/C15H18N4O/c1-10-14(11-6-4-3-5-7-11)15(18(2)17-10)19-9-12(16)8-13(19)20/h3-7,12H,8-9,16H2,1-2H3. The van der Waals surface area contributed by atoms with Gasteiger partial charge in [0.2, 0.25) is 5.91 Å². The molecule has 3 rings (SSSR count).